The molecular formula is C33H23NO. The lowest BCUT2D eigenvalue weighted by molar-refractivity contribution is 0.108. The second kappa shape index (κ2) is 9.06. The molecule has 0 spiro atoms. The van der Waals surface area contributed by atoms with Gasteiger partial charge in [-0.15, -0.1) is 0 Å². The van der Waals surface area contributed by atoms with Gasteiger partial charge in [0.05, 0.1) is 24.9 Å². The van der Waals surface area contributed by atoms with Gasteiger partial charge in [-0.2, -0.15) is 5.26 Å². The number of nitriles is 1. The van der Waals surface area contributed by atoms with Crippen molar-refractivity contribution in [2.45, 2.75) is 13.2 Å². The summed E-state index contributed by atoms with van der Waals surface area (Å²) in [6.45, 7) is 1.07. The monoisotopic (exact) mass is 449 g/mol. The second-order valence-corrected chi connectivity index (χ2v) is 8.85. The zero-order valence-electron chi connectivity index (χ0n) is 19.2. The highest BCUT2D eigenvalue weighted by molar-refractivity contribution is 6.23. The maximum absolute atomic E-state index is 9.62. The largest absolute Gasteiger partial charge is 0.372 e. The SMILES string of the molecule is N#C/C(=C/c1ccccc1)c1ccc(COCc2ccc3ccc4cccc5ccc2c3c45)cc1. The molecule has 0 heterocycles. The highest BCUT2D eigenvalue weighted by Gasteiger charge is 2.11. The van der Waals surface area contributed by atoms with Crippen LogP contribution in [-0.4, -0.2) is 0 Å². The van der Waals surface area contributed by atoms with Crippen molar-refractivity contribution in [2.24, 2.45) is 0 Å². The molecule has 35 heavy (non-hydrogen) atoms. The van der Waals surface area contributed by atoms with E-state index in [0.29, 0.717) is 18.8 Å². The number of benzene rings is 6. The zero-order valence-corrected chi connectivity index (χ0v) is 19.2. The Bertz CT molecular complexity index is 1690. The van der Waals surface area contributed by atoms with Gasteiger partial charge in [0, 0.05) is 0 Å². The van der Waals surface area contributed by atoms with E-state index in [1.54, 1.807) is 0 Å². The standard InChI is InChI=1S/C33H23NO/c34-20-30(19-23-5-2-1-3-6-23)25-11-9-24(10-12-25)21-35-22-29-16-15-28-14-13-26-7-4-8-27-17-18-31(29)33(28)32(26)27/h1-19H,21-22H2/b30-19-. The van der Waals surface area contributed by atoms with Gasteiger partial charge in [-0.1, -0.05) is 109 Å². The van der Waals surface area contributed by atoms with E-state index in [1.807, 2.05) is 60.7 Å². The van der Waals surface area contributed by atoms with Gasteiger partial charge in [0.1, 0.15) is 0 Å². The minimum absolute atomic E-state index is 0.520. The van der Waals surface area contributed by atoms with Crippen molar-refractivity contribution in [2.75, 3.05) is 0 Å². The van der Waals surface area contributed by atoms with Crippen LogP contribution in [0.4, 0.5) is 0 Å². The normalized spacial score (nSPS) is 11.9. The predicted molar refractivity (Wildman–Crippen MR) is 145 cm³/mol. The van der Waals surface area contributed by atoms with Crippen molar-refractivity contribution < 1.29 is 4.74 Å². The predicted octanol–water partition coefficient (Wildman–Crippen LogP) is 8.36. The number of ether oxygens (including phenoxy) is 1. The summed E-state index contributed by atoms with van der Waals surface area (Å²) in [5.41, 5.74) is 4.86. The first-order chi connectivity index (χ1) is 17.3. The fourth-order valence-corrected chi connectivity index (χ4v) is 4.88. The fourth-order valence-electron chi connectivity index (χ4n) is 4.88. The first-order valence-corrected chi connectivity index (χ1v) is 11.8. The van der Waals surface area contributed by atoms with Crippen LogP contribution in [0.2, 0.25) is 0 Å². The van der Waals surface area contributed by atoms with Gasteiger partial charge in [-0.05, 0) is 60.6 Å². The molecule has 2 heteroatoms. The van der Waals surface area contributed by atoms with Crippen molar-refractivity contribution in [1.29, 1.82) is 5.26 Å². The third kappa shape index (κ3) is 4.04. The molecule has 6 rings (SSSR count). The molecule has 0 aliphatic rings. The highest BCUT2D eigenvalue weighted by Crippen LogP contribution is 2.36. The number of nitrogens with zero attached hydrogens (tertiary/aromatic N) is 1. The molecule has 0 aliphatic heterocycles. The summed E-state index contributed by atoms with van der Waals surface area (Å²) in [4.78, 5) is 0. The van der Waals surface area contributed by atoms with Crippen LogP contribution in [0.25, 0.3) is 44.0 Å². The lowest BCUT2D eigenvalue weighted by atomic mass is 9.92. The van der Waals surface area contributed by atoms with Gasteiger partial charge in [-0.25, -0.2) is 0 Å². The molecule has 0 aromatic heterocycles. The summed E-state index contributed by atoms with van der Waals surface area (Å²) >= 11 is 0. The molecule has 0 bridgehead atoms. The van der Waals surface area contributed by atoms with E-state index in [2.05, 4.69) is 60.7 Å². The van der Waals surface area contributed by atoms with Gasteiger partial charge < -0.3 is 4.74 Å². The Morgan fingerprint density at radius 3 is 2.09 bits per heavy atom. The van der Waals surface area contributed by atoms with Crippen molar-refractivity contribution in [3.8, 4) is 6.07 Å². The average molecular weight is 450 g/mol. The molecule has 0 saturated heterocycles. The fraction of sp³-hybridized carbons (Fsp3) is 0.0606. The quantitative estimate of drug-likeness (QED) is 0.145. The number of hydrogen-bond donors (Lipinski definition) is 0. The zero-order chi connectivity index (χ0) is 23.6. The van der Waals surface area contributed by atoms with E-state index >= 15 is 0 Å². The Balaban J connectivity index is 1.20. The van der Waals surface area contributed by atoms with Crippen molar-refractivity contribution in [3.63, 3.8) is 0 Å². The molecule has 0 fully saturated rings. The first kappa shape index (κ1) is 21.1. The minimum atomic E-state index is 0.520. The van der Waals surface area contributed by atoms with Crippen molar-refractivity contribution in [3.05, 3.63) is 131 Å². The van der Waals surface area contributed by atoms with Gasteiger partial charge in [-0.3, -0.25) is 0 Å². The lowest BCUT2D eigenvalue weighted by Gasteiger charge is -2.14. The molecule has 0 saturated carbocycles. The summed E-state index contributed by atoms with van der Waals surface area (Å²) in [6.07, 6.45) is 1.92. The van der Waals surface area contributed by atoms with Crippen LogP contribution in [0.1, 0.15) is 22.3 Å². The molecule has 0 amide bonds. The van der Waals surface area contributed by atoms with Crippen LogP contribution in [-0.2, 0) is 18.0 Å². The maximum atomic E-state index is 9.62. The van der Waals surface area contributed by atoms with Gasteiger partial charge in [0.15, 0.2) is 0 Å². The molecule has 0 N–H and O–H groups in total. The number of hydrogen-bond acceptors (Lipinski definition) is 2. The van der Waals surface area contributed by atoms with Crippen molar-refractivity contribution in [1.82, 2.24) is 0 Å². The summed E-state index contributed by atoms with van der Waals surface area (Å²) in [6, 6.07) is 40.0. The number of allylic oxidation sites excluding steroid dienone is 1. The Morgan fingerprint density at radius 2 is 1.34 bits per heavy atom. The molecule has 0 unspecified atom stereocenters. The molecule has 0 radical (unpaired) electrons. The summed E-state index contributed by atoms with van der Waals surface area (Å²) in [5, 5.41) is 17.3. The summed E-state index contributed by atoms with van der Waals surface area (Å²) in [7, 11) is 0. The molecule has 0 atom stereocenters. The van der Waals surface area contributed by atoms with Crippen molar-refractivity contribution >= 4 is 44.0 Å². The third-order valence-corrected chi connectivity index (χ3v) is 6.64. The Hall–Kier alpha value is -4.45. The van der Waals surface area contributed by atoms with Crippen LogP contribution >= 0.6 is 0 Å². The molecule has 2 nitrogen and oxygen atoms in total. The average Bonchev–Trinajstić information content (AvgIpc) is 2.92. The van der Waals surface area contributed by atoms with Crippen LogP contribution in [0, 0.1) is 11.3 Å². The van der Waals surface area contributed by atoms with Crippen LogP contribution in [0.15, 0.2) is 109 Å². The highest BCUT2D eigenvalue weighted by atomic mass is 16.5. The van der Waals surface area contributed by atoms with Gasteiger partial charge in [0.2, 0.25) is 0 Å². The van der Waals surface area contributed by atoms with E-state index < -0.39 is 0 Å². The van der Waals surface area contributed by atoms with E-state index in [1.165, 1.54) is 37.9 Å². The van der Waals surface area contributed by atoms with Crippen LogP contribution in [0.5, 0.6) is 0 Å². The summed E-state index contributed by atoms with van der Waals surface area (Å²) < 4.78 is 6.14. The van der Waals surface area contributed by atoms with Gasteiger partial charge >= 0.3 is 0 Å². The van der Waals surface area contributed by atoms with E-state index in [9.17, 15) is 5.26 Å². The second-order valence-electron chi connectivity index (χ2n) is 8.85. The van der Waals surface area contributed by atoms with E-state index in [4.69, 9.17) is 4.74 Å². The molecular weight excluding hydrogens is 426 g/mol. The smallest absolute Gasteiger partial charge is 0.0998 e. The van der Waals surface area contributed by atoms with Crippen LogP contribution in [0.3, 0.4) is 0 Å². The molecule has 0 aliphatic carbocycles. The Morgan fingerprint density at radius 1 is 0.657 bits per heavy atom. The molecule has 6 aromatic carbocycles. The Kier molecular flexibility index (Phi) is 5.47. The Labute approximate surface area is 204 Å². The van der Waals surface area contributed by atoms with Gasteiger partial charge in [0.25, 0.3) is 0 Å². The maximum Gasteiger partial charge on any atom is 0.0998 e. The summed E-state index contributed by atoms with van der Waals surface area (Å²) in [5.74, 6) is 0. The molecule has 6 aromatic rings. The van der Waals surface area contributed by atoms with E-state index in [0.717, 1.165) is 16.7 Å². The number of rotatable bonds is 6. The third-order valence-electron chi connectivity index (χ3n) is 6.64. The minimum Gasteiger partial charge on any atom is -0.372 e. The lowest BCUT2D eigenvalue weighted by Crippen LogP contribution is -1.96. The van der Waals surface area contributed by atoms with Crippen LogP contribution < -0.4 is 0 Å². The topological polar surface area (TPSA) is 33.0 Å². The molecule has 166 valence electrons. The first-order valence-electron chi connectivity index (χ1n) is 11.8. The van der Waals surface area contributed by atoms with E-state index in [-0.39, 0.29) is 0 Å².